The number of amides is 1. The summed E-state index contributed by atoms with van der Waals surface area (Å²) in [6.07, 6.45) is 1.43. The van der Waals surface area contributed by atoms with Crippen molar-refractivity contribution in [1.29, 1.82) is 0 Å². The van der Waals surface area contributed by atoms with Crippen LogP contribution < -0.4 is 10.2 Å². The number of carbonyl (C=O) groups excluding carboxylic acids is 1. The van der Waals surface area contributed by atoms with E-state index in [1.807, 2.05) is 49.9 Å². The average molecular weight is 374 g/mol. The molecule has 7 heteroatoms. The summed E-state index contributed by atoms with van der Waals surface area (Å²) in [6.45, 7) is 8.98. The Morgan fingerprint density at radius 3 is 2.50 bits per heavy atom. The van der Waals surface area contributed by atoms with E-state index in [0.717, 1.165) is 23.8 Å². The van der Waals surface area contributed by atoms with Gasteiger partial charge in [0.2, 0.25) is 0 Å². The zero-order valence-corrected chi connectivity index (χ0v) is 16.1. The van der Waals surface area contributed by atoms with Crippen molar-refractivity contribution >= 4 is 29.0 Å². The summed E-state index contributed by atoms with van der Waals surface area (Å²) in [5.41, 5.74) is 1.38. The van der Waals surface area contributed by atoms with Crippen LogP contribution in [0.3, 0.4) is 0 Å². The van der Waals surface area contributed by atoms with Gasteiger partial charge in [-0.15, -0.1) is 0 Å². The minimum atomic E-state index is -0.128. The molecule has 2 aromatic rings. The van der Waals surface area contributed by atoms with Gasteiger partial charge in [0.15, 0.2) is 0 Å². The van der Waals surface area contributed by atoms with Crippen LogP contribution in [-0.4, -0.2) is 52.5 Å². The molecule has 26 heavy (non-hydrogen) atoms. The fourth-order valence-corrected chi connectivity index (χ4v) is 3.11. The van der Waals surface area contributed by atoms with Gasteiger partial charge in [-0.2, -0.15) is 0 Å². The molecule has 1 aliphatic heterocycles. The molecule has 0 spiro atoms. The Morgan fingerprint density at radius 1 is 1.12 bits per heavy atom. The van der Waals surface area contributed by atoms with Crippen molar-refractivity contribution in [1.82, 2.24) is 14.9 Å². The van der Waals surface area contributed by atoms with E-state index in [0.29, 0.717) is 24.6 Å². The van der Waals surface area contributed by atoms with E-state index >= 15 is 0 Å². The number of halogens is 1. The van der Waals surface area contributed by atoms with Crippen LogP contribution in [0.1, 0.15) is 31.3 Å². The van der Waals surface area contributed by atoms with Crippen molar-refractivity contribution < 1.29 is 4.79 Å². The number of hydrogen-bond acceptors (Lipinski definition) is 5. The molecule has 1 saturated heterocycles. The molecule has 0 saturated carbocycles. The van der Waals surface area contributed by atoms with Crippen molar-refractivity contribution in [3.63, 3.8) is 0 Å². The average Bonchev–Trinajstić information content (AvgIpc) is 2.60. The molecule has 1 amide bonds. The van der Waals surface area contributed by atoms with Gasteiger partial charge in [0, 0.05) is 48.5 Å². The molecule has 0 unspecified atom stereocenters. The Labute approximate surface area is 159 Å². The molecule has 3 rings (SSSR count). The van der Waals surface area contributed by atoms with Gasteiger partial charge in [0.25, 0.3) is 5.91 Å². The van der Waals surface area contributed by atoms with E-state index in [2.05, 4.69) is 20.2 Å². The summed E-state index contributed by atoms with van der Waals surface area (Å²) in [7, 11) is 0. The van der Waals surface area contributed by atoms with Crippen molar-refractivity contribution in [2.75, 3.05) is 36.4 Å². The molecule has 1 aromatic carbocycles. The predicted molar refractivity (Wildman–Crippen MR) is 105 cm³/mol. The Hall–Kier alpha value is -2.34. The number of hydrogen-bond donors (Lipinski definition) is 1. The van der Waals surface area contributed by atoms with E-state index in [4.69, 9.17) is 11.6 Å². The first-order chi connectivity index (χ1) is 12.3. The summed E-state index contributed by atoms with van der Waals surface area (Å²) in [5, 5.41) is 3.99. The van der Waals surface area contributed by atoms with Gasteiger partial charge < -0.3 is 15.1 Å². The molecule has 0 bridgehead atoms. The topological polar surface area (TPSA) is 61.4 Å². The van der Waals surface area contributed by atoms with Crippen LogP contribution in [0.4, 0.5) is 11.5 Å². The largest absolute Gasteiger partial charge is 0.368 e. The number of carbonyl (C=O) groups is 1. The molecule has 1 N–H and O–H groups in total. The second-order valence-corrected chi connectivity index (χ2v) is 7.86. The Morgan fingerprint density at radius 2 is 1.85 bits per heavy atom. The van der Waals surface area contributed by atoms with Gasteiger partial charge in [-0.3, -0.25) is 4.79 Å². The normalized spacial score (nSPS) is 15.1. The maximum absolute atomic E-state index is 12.8. The SMILES string of the molecule is CC(C)(C)Nc1cc(C(=O)N2CCN(c3cccc(Cl)c3)CC2)ncn1. The first-order valence-corrected chi connectivity index (χ1v) is 9.10. The highest BCUT2D eigenvalue weighted by Gasteiger charge is 2.24. The van der Waals surface area contributed by atoms with Gasteiger partial charge in [-0.1, -0.05) is 17.7 Å². The fourth-order valence-electron chi connectivity index (χ4n) is 2.93. The van der Waals surface area contributed by atoms with E-state index < -0.39 is 0 Å². The third kappa shape index (κ3) is 4.64. The van der Waals surface area contributed by atoms with Crippen molar-refractivity contribution in [3.8, 4) is 0 Å². The van der Waals surface area contributed by atoms with Crippen LogP contribution >= 0.6 is 11.6 Å². The highest BCUT2D eigenvalue weighted by atomic mass is 35.5. The summed E-state index contributed by atoms with van der Waals surface area (Å²) in [4.78, 5) is 25.2. The first-order valence-electron chi connectivity index (χ1n) is 8.72. The monoisotopic (exact) mass is 373 g/mol. The smallest absolute Gasteiger partial charge is 0.272 e. The number of rotatable bonds is 3. The number of nitrogens with zero attached hydrogens (tertiary/aromatic N) is 4. The molecule has 0 aliphatic carbocycles. The third-order valence-electron chi connectivity index (χ3n) is 4.13. The lowest BCUT2D eigenvalue weighted by Gasteiger charge is -2.36. The minimum absolute atomic E-state index is 0.0601. The molecule has 1 fully saturated rings. The highest BCUT2D eigenvalue weighted by molar-refractivity contribution is 6.30. The highest BCUT2D eigenvalue weighted by Crippen LogP contribution is 2.21. The quantitative estimate of drug-likeness (QED) is 0.894. The molecule has 0 radical (unpaired) electrons. The van der Waals surface area contributed by atoms with Crippen molar-refractivity contribution in [2.24, 2.45) is 0 Å². The van der Waals surface area contributed by atoms with E-state index in [9.17, 15) is 4.79 Å². The van der Waals surface area contributed by atoms with Crippen molar-refractivity contribution in [2.45, 2.75) is 26.3 Å². The second-order valence-electron chi connectivity index (χ2n) is 7.42. The number of aromatic nitrogens is 2. The zero-order valence-electron chi connectivity index (χ0n) is 15.4. The summed E-state index contributed by atoms with van der Waals surface area (Å²) in [6, 6.07) is 9.52. The van der Waals surface area contributed by atoms with E-state index in [1.54, 1.807) is 6.07 Å². The maximum atomic E-state index is 12.8. The Bertz CT molecular complexity index is 781. The first kappa shape index (κ1) is 18.5. The number of anilines is 2. The number of benzene rings is 1. The maximum Gasteiger partial charge on any atom is 0.272 e. The lowest BCUT2D eigenvalue weighted by Crippen LogP contribution is -2.49. The van der Waals surface area contributed by atoms with Crippen LogP contribution in [0.5, 0.6) is 0 Å². The van der Waals surface area contributed by atoms with Crippen LogP contribution in [0.25, 0.3) is 0 Å². The lowest BCUT2D eigenvalue weighted by molar-refractivity contribution is 0.0740. The zero-order chi connectivity index (χ0) is 18.7. The van der Waals surface area contributed by atoms with Crippen LogP contribution in [-0.2, 0) is 0 Å². The van der Waals surface area contributed by atoms with Crippen LogP contribution in [0, 0.1) is 0 Å². The molecule has 138 valence electrons. The fraction of sp³-hybridized carbons (Fsp3) is 0.421. The minimum Gasteiger partial charge on any atom is -0.368 e. The molecule has 1 aromatic heterocycles. The number of nitrogens with one attached hydrogen (secondary N) is 1. The molecular formula is C19H24ClN5O. The molecular weight excluding hydrogens is 350 g/mol. The molecule has 1 aliphatic rings. The number of piperazine rings is 1. The van der Waals surface area contributed by atoms with Crippen LogP contribution in [0.15, 0.2) is 36.7 Å². The third-order valence-corrected chi connectivity index (χ3v) is 4.36. The predicted octanol–water partition coefficient (Wildman–Crippen LogP) is 3.30. The standard InChI is InChI=1S/C19H24ClN5O/c1-19(2,3)23-17-12-16(21-13-22-17)18(26)25-9-7-24(8-10-25)15-6-4-5-14(20)11-15/h4-6,11-13H,7-10H2,1-3H3,(H,21,22,23). The van der Waals surface area contributed by atoms with Gasteiger partial charge in [0.05, 0.1) is 0 Å². The van der Waals surface area contributed by atoms with Gasteiger partial charge in [-0.25, -0.2) is 9.97 Å². The molecule has 2 heterocycles. The summed E-state index contributed by atoms with van der Waals surface area (Å²) in [5.74, 6) is 0.600. The Kier molecular flexibility index (Phi) is 5.32. The van der Waals surface area contributed by atoms with Gasteiger partial charge >= 0.3 is 0 Å². The molecule has 0 atom stereocenters. The van der Waals surface area contributed by atoms with Crippen LogP contribution in [0.2, 0.25) is 5.02 Å². The van der Waals surface area contributed by atoms with E-state index in [1.165, 1.54) is 6.33 Å². The van der Waals surface area contributed by atoms with Gasteiger partial charge in [0.1, 0.15) is 17.8 Å². The van der Waals surface area contributed by atoms with Crippen molar-refractivity contribution in [3.05, 3.63) is 47.4 Å². The lowest BCUT2D eigenvalue weighted by atomic mass is 10.1. The van der Waals surface area contributed by atoms with Gasteiger partial charge in [-0.05, 0) is 39.0 Å². The summed E-state index contributed by atoms with van der Waals surface area (Å²) < 4.78 is 0. The summed E-state index contributed by atoms with van der Waals surface area (Å²) >= 11 is 6.07. The molecule has 6 nitrogen and oxygen atoms in total. The second kappa shape index (κ2) is 7.50. The Balaban J connectivity index is 1.64. The van der Waals surface area contributed by atoms with E-state index in [-0.39, 0.29) is 11.4 Å².